The number of ether oxygens (including phenoxy) is 2. The van der Waals surface area contributed by atoms with Crippen molar-refractivity contribution in [1.82, 2.24) is 0 Å². The van der Waals surface area contributed by atoms with Crippen molar-refractivity contribution in [2.45, 2.75) is 149 Å². The molecule has 4 heteroatoms. The number of esters is 2. The molecule has 0 aliphatic heterocycles. The van der Waals surface area contributed by atoms with Gasteiger partial charge in [-0.05, 0) is 19.8 Å². The molecular formula is C29H52O4. The van der Waals surface area contributed by atoms with E-state index < -0.39 is 17.7 Å². The minimum atomic E-state index is -1.21. The van der Waals surface area contributed by atoms with Crippen LogP contribution in [0.4, 0.5) is 0 Å². The fraction of sp³-hybridized carbons (Fsp3) is 0.793. The van der Waals surface area contributed by atoms with Gasteiger partial charge in [0.1, 0.15) is 0 Å². The highest BCUT2D eigenvalue weighted by atomic mass is 16.7. The average molecular weight is 465 g/mol. The highest BCUT2D eigenvalue weighted by Crippen LogP contribution is 2.30. The molecule has 0 rings (SSSR count). The molecule has 0 saturated carbocycles. The van der Waals surface area contributed by atoms with E-state index in [1.54, 1.807) is 6.92 Å². The third-order valence-corrected chi connectivity index (χ3v) is 6.15. The van der Waals surface area contributed by atoms with Gasteiger partial charge in [0, 0.05) is 24.5 Å². The molecule has 33 heavy (non-hydrogen) atoms. The average Bonchev–Trinajstić information content (AvgIpc) is 2.80. The summed E-state index contributed by atoms with van der Waals surface area (Å²) in [6.07, 6.45) is 23.2. The maximum absolute atomic E-state index is 12.2. The Bertz CT molecular complexity index is 540. The molecule has 192 valence electrons. The van der Waals surface area contributed by atoms with Crippen molar-refractivity contribution in [1.29, 1.82) is 0 Å². The largest absolute Gasteiger partial charge is 0.419 e. The minimum absolute atomic E-state index is 0.307. The predicted molar refractivity (Wildman–Crippen MR) is 139 cm³/mol. The number of unbranched alkanes of at least 4 members (excludes halogenated alkanes) is 15. The van der Waals surface area contributed by atoms with Gasteiger partial charge in [0.05, 0.1) is 0 Å². The van der Waals surface area contributed by atoms with Gasteiger partial charge in [-0.15, -0.1) is 0 Å². The summed E-state index contributed by atoms with van der Waals surface area (Å²) in [5.41, 5.74) is 0.307. The molecule has 0 bridgehead atoms. The summed E-state index contributed by atoms with van der Waals surface area (Å²) in [6.45, 7) is 13.1. The van der Waals surface area contributed by atoms with Crippen molar-refractivity contribution in [3.63, 3.8) is 0 Å². The maximum Gasteiger partial charge on any atom is 0.336 e. The van der Waals surface area contributed by atoms with Crippen molar-refractivity contribution in [2.75, 3.05) is 0 Å². The fourth-order valence-corrected chi connectivity index (χ4v) is 4.04. The highest BCUT2D eigenvalue weighted by molar-refractivity contribution is 5.87. The summed E-state index contributed by atoms with van der Waals surface area (Å²) < 4.78 is 11.3. The summed E-state index contributed by atoms with van der Waals surface area (Å²) in [7, 11) is 0. The summed E-state index contributed by atoms with van der Waals surface area (Å²) in [5.74, 6) is -2.28. The van der Waals surface area contributed by atoms with Crippen LogP contribution in [0.25, 0.3) is 0 Å². The zero-order valence-electron chi connectivity index (χ0n) is 22.1. The molecule has 0 aromatic carbocycles. The Balaban J connectivity index is 4.17. The number of carbonyl (C=O) groups excluding carboxylic acids is 2. The van der Waals surface area contributed by atoms with Crippen LogP contribution in [-0.4, -0.2) is 17.7 Å². The number of carbonyl (C=O) groups is 2. The molecule has 1 atom stereocenters. The van der Waals surface area contributed by atoms with Crippen molar-refractivity contribution in [3.05, 3.63) is 24.8 Å². The highest BCUT2D eigenvalue weighted by Gasteiger charge is 2.37. The van der Waals surface area contributed by atoms with E-state index in [-0.39, 0.29) is 0 Å². The maximum atomic E-state index is 12.2. The van der Waals surface area contributed by atoms with Crippen LogP contribution in [0, 0.1) is 0 Å². The quantitative estimate of drug-likeness (QED) is 0.0655. The van der Waals surface area contributed by atoms with Gasteiger partial charge in [-0.2, -0.15) is 0 Å². The molecule has 0 N–H and O–H groups in total. The van der Waals surface area contributed by atoms with Gasteiger partial charge in [0.15, 0.2) is 0 Å². The lowest BCUT2D eigenvalue weighted by Gasteiger charge is -2.33. The van der Waals surface area contributed by atoms with Gasteiger partial charge >= 0.3 is 11.9 Å². The monoisotopic (exact) mass is 464 g/mol. The van der Waals surface area contributed by atoms with Crippen LogP contribution in [0.1, 0.15) is 143 Å². The van der Waals surface area contributed by atoms with E-state index in [9.17, 15) is 9.59 Å². The Morgan fingerprint density at radius 3 is 1.45 bits per heavy atom. The zero-order valence-corrected chi connectivity index (χ0v) is 22.1. The molecule has 0 aromatic heterocycles. The van der Waals surface area contributed by atoms with Crippen LogP contribution in [0.15, 0.2) is 24.8 Å². The second kappa shape index (κ2) is 21.0. The lowest BCUT2D eigenvalue weighted by Crippen LogP contribution is -2.40. The van der Waals surface area contributed by atoms with Crippen LogP contribution < -0.4 is 0 Å². The summed E-state index contributed by atoms with van der Waals surface area (Å²) in [4.78, 5) is 24.2. The summed E-state index contributed by atoms with van der Waals surface area (Å²) in [5, 5.41) is 0. The number of hydrogen-bond acceptors (Lipinski definition) is 4. The van der Waals surface area contributed by atoms with E-state index in [2.05, 4.69) is 27.0 Å². The van der Waals surface area contributed by atoms with Crippen LogP contribution in [-0.2, 0) is 19.1 Å². The molecule has 1 unspecified atom stereocenters. The normalized spacial score (nSPS) is 12.7. The van der Waals surface area contributed by atoms with Gasteiger partial charge in [0.2, 0.25) is 0 Å². The van der Waals surface area contributed by atoms with Gasteiger partial charge in [0.25, 0.3) is 5.79 Å². The third kappa shape index (κ3) is 17.5. The Kier molecular flexibility index (Phi) is 20.0. The molecule has 0 heterocycles. The molecule has 0 spiro atoms. The molecule has 0 aliphatic rings. The first-order chi connectivity index (χ1) is 15.9. The molecule has 0 aromatic rings. The number of hydrogen-bond donors (Lipinski definition) is 0. The minimum Gasteiger partial charge on any atom is -0.419 e. The molecule has 0 saturated heterocycles. The van der Waals surface area contributed by atoms with Gasteiger partial charge < -0.3 is 9.47 Å². The molecule has 0 fully saturated rings. The standard InChI is InChI=1S/C29H52O4/c1-6-9-11-12-13-14-15-16-17-18-19-20-21-22-23-25-29(24-10-7-2,32-27(30)8-3)33-28(31)26(4)5/h8H,3-4,6-7,9-25H2,1-2,5H3. The van der Waals surface area contributed by atoms with Crippen LogP contribution >= 0.6 is 0 Å². The van der Waals surface area contributed by atoms with Crippen molar-refractivity contribution < 1.29 is 19.1 Å². The van der Waals surface area contributed by atoms with E-state index in [4.69, 9.17) is 9.47 Å². The first-order valence-electron chi connectivity index (χ1n) is 13.6. The smallest absolute Gasteiger partial charge is 0.336 e. The molecule has 4 nitrogen and oxygen atoms in total. The van der Waals surface area contributed by atoms with Gasteiger partial charge in [-0.25, -0.2) is 9.59 Å². The number of rotatable bonds is 23. The van der Waals surface area contributed by atoms with Gasteiger partial charge in [-0.3, -0.25) is 0 Å². The Labute approximate surface area is 204 Å². The van der Waals surface area contributed by atoms with E-state index in [0.29, 0.717) is 18.4 Å². The molecule has 0 radical (unpaired) electrons. The lowest BCUT2D eigenvalue weighted by atomic mass is 9.99. The second-order valence-electron chi connectivity index (χ2n) is 9.51. The molecular weight excluding hydrogens is 412 g/mol. The van der Waals surface area contributed by atoms with Crippen molar-refractivity contribution in [3.8, 4) is 0 Å². The second-order valence-corrected chi connectivity index (χ2v) is 9.51. The Morgan fingerprint density at radius 1 is 0.667 bits per heavy atom. The molecule has 0 aliphatic carbocycles. The fourth-order valence-electron chi connectivity index (χ4n) is 4.04. The first kappa shape index (κ1) is 31.4. The van der Waals surface area contributed by atoms with Crippen molar-refractivity contribution >= 4 is 11.9 Å². The van der Waals surface area contributed by atoms with E-state index >= 15 is 0 Å². The van der Waals surface area contributed by atoms with Crippen LogP contribution in [0.2, 0.25) is 0 Å². The van der Waals surface area contributed by atoms with Gasteiger partial charge in [-0.1, -0.05) is 123 Å². The molecule has 0 amide bonds. The Hall–Kier alpha value is -1.58. The third-order valence-electron chi connectivity index (χ3n) is 6.15. The lowest BCUT2D eigenvalue weighted by molar-refractivity contribution is -0.229. The van der Waals surface area contributed by atoms with Crippen LogP contribution in [0.5, 0.6) is 0 Å². The zero-order chi connectivity index (χ0) is 24.8. The SMILES string of the molecule is C=CC(=O)OC(CCCC)(CCCCCCCCCCCCCCCCC)OC(=O)C(=C)C. The predicted octanol–water partition coefficient (Wildman–Crippen LogP) is 8.98. The Morgan fingerprint density at radius 2 is 1.06 bits per heavy atom. The summed E-state index contributed by atoms with van der Waals surface area (Å²) in [6, 6.07) is 0. The topological polar surface area (TPSA) is 52.6 Å². The van der Waals surface area contributed by atoms with Crippen molar-refractivity contribution in [2.24, 2.45) is 0 Å². The first-order valence-corrected chi connectivity index (χ1v) is 13.6. The van der Waals surface area contributed by atoms with E-state index in [1.807, 2.05) is 0 Å². The summed E-state index contributed by atoms with van der Waals surface area (Å²) >= 11 is 0. The van der Waals surface area contributed by atoms with Crippen LogP contribution in [0.3, 0.4) is 0 Å². The van der Waals surface area contributed by atoms with E-state index in [0.717, 1.165) is 38.2 Å². The van der Waals surface area contributed by atoms with E-state index in [1.165, 1.54) is 77.0 Å².